The lowest BCUT2D eigenvalue weighted by atomic mass is 9.87. The minimum Gasteiger partial charge on any atom is -0.396 e. The third-order valence-electron chi connectivity index (χ3n) is 6.50. The van der Waals surface area contributed by atoms with E-state index in [0.717, 1.165) is 38.0 Å². The molecule has 0 bridgehead atoms. The van der Waals surface area contributed by atoms with Crippen LogP contribution in [0.5, 0.6) is 0 Å². The summed E-state index contributed by atoms with van der Waals surface area (Å²) in [6.45, 7) is 3.49. The normalized spacial score (nSPS) is 22.8. The first kappa shape index (κ1) is 21.1. The Morgan fingerprint density at radius 1 is 1.31 bits per heavy atom. The molecule has 1 amide bonds. The van der Waals surface area contributed by atoms with Crippen molar-refractivity contribution in [1.82, 2.24) is 15.3 Å². The van der Waals surface area contributed by atoms with Crippen molar-refractivity contribution >= 4 is 39.0 Å². The number of nitrogens with two attached hydrogens (primary N) is 2. The quantitative estimate of drug-likeness (QED) is 0.554. The van der Waals surface area contributed by atoms with Crippen LogP contribution in [0.4, 0.5) is 11.4 Å². The van der Waals surface area contributed by atoms with Crippen LogP contribution in [0.15, 0.2) is 24.4 Å². The van der Waals surface area contributed by atoms with Gasteiger partial charge in [-0.3, -0.25) is 4.79 Å². The monoisotopic (exact) mass is 452 g/mol. The average Bonchev–Trinajstić information content (AvgIpc) is 3.32. The molecule has 3 aromatic rings. The molecule has 2 aliphatic rings. The molecule has 0 radical (unpaired) electrons. The topological polar surface area (TPSA) is 119 Å². The zero-order valence-electron chi connectivity index (χ0n) is 18.3. The summed E-state index contributed by atoms with van der Waals surface area (Å²) < 4.78 is 5.49. The summed E-state index contributed by atoms with van der Waals surface area (Å²) in [5.41, 5.74) is 18.0. The van der Waals surface area contributed by atoms with Crippen LogP contribution in [0.25, 0.3) is 10.3 Å². The second kappa shape index (κ2) is 8.31. The maximum atomic E-state index is 13.0. The zero-order chi connectivity index (χ0) is 22.4. The van der Waals surface area contributed by atoms with Crippen LogP contribution in [0.3, 0.4) is 0 Å². The number of fused-ring (bicyclic) bond motifs is 2. The highest BCUT2D eigenvalue weighted by atomic mass is 32.1. The summed E-state index contributed by atoms with van der Waals surface area (Å²) in [6.07, 6.45) is 4.36. The van der Waals surface area contributed by atoms with Crippen molar-refractivity contribution in [2.75, 3.05) is 30.8 Å². The van der Waals surface area contributed by atoms with Crippen molar-refractivity contribution in [3.05, 3.63) is 46.1 Å². The van der Waals surface area contributed by atoms with Gasteiger partial charge in [0.05, 0.1) is 23.5 Å². The first-order valence-corrected chi connectivity index (χ1v) is 11.7. The van der Waals surface area contributed by atoms with Gasteiger partial charge in [-0.2, -0.15) is 0 Å². The molecule has 1 aliphatic heterocycles. The number of benzene rings is 1. The number of thiophene rings is 1. The number of nitrogens with zero attached hydrogens (tertiary/aromatic N) is 3. The molecule has 8 nitrogen and oxygen atoms in total. The van der Waals surface area contributed by atoms with Crippen molar-refractivity contribution in [3.63, 3.8) is 0 Å². The van der Waals surface area contributed by atoms with E-state index < -0.39 is 0 Å². The van der Waals surface area contributed by atoms with Crippen molar-refractivity contribution < 1.29 is 9.53 Å². The highest BCUT2D eigenvalue weighted by molar-refractivity contribution is 7.21. The Labute approximate surface area is 191 Å². The molecular formula is C23H28N6O2S. The van der Waals surface area contributed by atoms with Gasteiger partial charge in [0.2, 0.25) is 0 Å². The number of rotatable bonds is 4. The van der Waals surface area contributed by atoms with E-state index >= 15 is 0 Å². The fraction of sp³-hybridized carbons (Fsp3) is 0.435. The Morgan fingerprint density at radius 2 is 2.16 bits per heavy atom. The Kier molecular flexibility index (Phi) is 5.48. The van der Waals surface area contributed by atoms with Gasteiger partial charge in [-0.25, -0.2) is 9.97 Å². The van der Waals surface area contributed by atoms with Crippen molar-refractivity contribution in [2.45, 2.75) is 44.4 Å². The Bertz CT molecular complexity index is 1180. The van der Waals surface area contributed by atoms with E-state index in [0.29, 0.717) is 20.9 Å². The molecule has 1 aromatic carbocycles. The van der Waals surface area contributed by atoms with E-state index in [1.54, 1.807) is 13.3 Å². The predicted octanol–water partition coefficient (Wildman–Crippen LogP) is 2.03. The smallest absolute Gasteiger partial charge is 0.263 e. The molecule has 9 heteroatoms. The second-order valence-corrected chi connectivity index (χ2v) is 9.72. The van der Waals surface area contributed by atoms with E-state index in [1.807, 2.05) is 6.92 Å². The number of aromatic nitrogens is 2. The number of hydrogen-bond donors (Lipinski definition) is 3. The molecule has 3 atom stereocenters. The molecular weight excluding hydrogens is 424 g/mol. The minimum absolute atomic E-state index is 0.0336. The molecule has 168 valence electrons. The Hall–Kier alpha value is -2.75. The lowest BCUT2D eigenvalue weighted by Gasteiger charge is -2.27. The van der Waals surface area contributed by atoms with Crippen LogP contribution in [0, 0.1) is 6.92 Å². The summed E-state index contributed by atoms with van der Waals surface area (Å²) in [5, 5.41) is 3.17. The molecule has 0 spiro atoms. The maximum absolute atomic E-state index is 13.0. The van der Waals surface area contributed by atoms with Crippen molar-refractivity contribution in [3.8, 4) is 0 Å². The number of ether oxygens (including phenoxy) is 1. The summed E-state index contributed by atoms with van der Waals surface area (Å²) >= 11 is 1.30. The molecule has 1 fully saturated rings. The Balaban J connectivity index is 1.28. The largest absolute Gasteiger partial charge is 0.396 e. The summed E-state index contributed by atoms with van der Waals surface area (Å²) in [4.78, 5) is 25.2. The van der Waals surface area contributed by atoms with Crippen LogP contribution in [-0.4, -0.2) is 54.3 Å². The number of anilines is 2. The fourth-order valence-corrected chi connectivity index (χ4v) is 5.71. The van der Waals surface area contributed by atoms with Crippen molar-refractivity contribution in [2.24, 2.45) is 5.73 Å². The maximum Gasteiger partial charge on any atom is 0.263 e. The van der Waals surface area contributed by atoms with Gasteiger partial charge in [-0.05, 0) is 49.4 Å². The van der Waals surface area contributed by atoms with Gasteiger partial charge in [0.25, 0.3) is 5.91 Å². The number of nitrogens with one attached hydrogen (secondary N) is 1. The summed E-state index contributed by atoms with van der Waals surface area (Å²) in [6, 6.07) is 6.70. The van der Waals surface area contributed by atoms with Gasteiger partial charge in [-0.15, -0.1) is 11.3 Å². The number of aryl methyl sites for hydroxylation is 2. The van der Waals surface area contributed by atoms with Gasteiger partial charge in [0.15, 0.2) is 0 Å². The standard InChI is InChI=1S/C23H28N6O2S/c1-12-9-26-20-19(25)21(32-23(20)27-12)22(30)28-15-5-3-14-8-16(6-4-13(14)7-15)29-10-17(24)18(11-29)31-2/h4,6,8-9,15,17-18H,3,5,7,10-11,24-25H2,1-2H3,(H,28,30)/t15-,17-,18-/m0/s1. The van der Waals surface area contributed by atoms with E-state index in [9.17, 15) is 4.79 Å². The number of hydrogen-bond acceptors (Lipinski definition) is 8. The molecule has 2 aromatic heterocycles. The van der Waals surface area contributed by atoms with Crippen LogP contribution >= 0.6 is 11.3 Å². The van der Waals surface area contributed by atoms with Gasteiger partial charge in [-0.1, -0.05) is 6.07 Å². The van der Waals surface area contributed by atoms with Crippen LogP contribution < -0.4 is 21.7 Å². The molecule has 5 N–H and O–H groups in total. The molecule has 1 saturated heterocycles. The Morgan fingerprint density at radius 3 is 2.94 bits per heavy atom. The highest BCUT2D eigenvalue weighted by Crippen LogP contribution is 2.32. The second-order valence-electron chi connectivity index (χ2n) is 8.72. The first-order chi connectivity index (χ1) is 15.4. The SMILES string of the molecule is CO[C@H]1CN(c2ccc3c(c2)CC[C@H](NC(=O)c2sc4nc(C)cnc4c2N)C3)C[C@@H]1N. The number of carbonyl (C=O) groups is 1. The summed E-state index contributed by atoms with van der Waals surface area (Å²) in [5.74, 6) is -0.147. The molecule has 0 saturated carbocycles. The van der Waals surface area contributed by atoms with E-state index in [4.69, 9.17) is 16.2 Å². The molecule has 3 heterocycles. The highest BCUT2D eigenvalue weighted by Gasteiger charge is 2.31. The lowest BCUT2D eigenvalue weighted by molar-refractivity contribution is 0.0938. The van der Waals surface area contributed by atoms with Crippen LogP contribution in [-0.2, 0) is 17.6 Å². The van der Waals surface area contributed by atoms with Crippen molar-refractivity contribution in [1.29, 1.82) is 0 Å². The van der Waals surface area contributed by atoms with Crippen LogP contribution in [0.1, 0.15) is 32.9 Å². The fourth-order valence-electron chi connectivity index (χ4n) is 4.71. The minimum atomic E-state index is -0.147. The molecule has 32 heavy (non-hydrogen) atoms. The van der Waals surface area contributed by atoms with E-state index in [2.05, 4.69) is 38.4 Å². The van der Waals surface area contributed by atoms with Gasteiger partial charge >= 0.3 is 0 Å². The van der Waals surface area contributed by atoms with Gasteiger partial charge in [0.1, 0.15) is 15.2 Å². The zero-order valence-corrected chi connectivity index (χ0v) is 19.1. The number of amides is 1. The summed E-state index contributed by atoms with van der Waals surface area (Å²) in [7, 11) is 1.72. The third kappa shape index (κ3) is 3.80. The molecule has 1 aliphatic carbocycles. The molecule has 5 rings (SSSR count). The number of carbonyl (C=O) groups excluding carboxylic acids is 1. The molecule has 0 unspecified atom stereocenters. The van der Waals surface area contributed by atoms with E-state index in [-0.39, 0.29) is 24.1 Å². The first-order valence-electron chi connectivity index (χ1n) is 10.9. The van der Waals surface area contributed by atoms with Gasteiger partial charge < -0.3 is 26.4 Å². The van der Waals surface area contributed by atoms with Gasteiger partial charge in [0, 0.05) is 38.1 Å². The van der Waals surface area contributed by atoms with E-state index in [1.165, 1.54) is 28.2 Å². The van der Waals surface area contributed by atoms with Crippen LogP contribution in [0.2, 0.25) is 0 Å². The number of methoxy groups -OCH3 is 1. The number of nitrogen functional groups attached to an aromatic ring is 1. The third-order valence-corrected chi connectivity index (χ3v) is 7.58. The average molecular weight is 453 g/mol. The lowest BCUT2D eigenvalue weighted by Crippen LogP contribution is -2.38. The predicted molar refractivity (Wildman–Crippen MR) is 127 cm³/mol.